The molecule has 3 heteroatoms. The molecule has 2 atom stereocenters. The Bertz CT molecular complexity index is 340. The minimum Gasteiger partial charge on any atom is -0.387 e. The van der Waals surface area contributed by atoms with E-state index in [-0.39, 0.29) is 11.9 Å². The van der Waals surface area contributed by atoms with E-state index in [4.69, 9.17) is 5.73 Å². The summed E-state index contributed by atoms with van der Waals surface area (Å²) in [6, 6.07) is 4.29. The maximum Gasteiger partial charge on any atom is 0.123 e. The van der Waals surface area contributed by atoms with Gasteiger partial charge in [-0.1, -0.05) is 6.07 Å². The summed E-state index contributed by atoms with van der Waals surface area (Å²) in [6.45, 7) is 0. The number of hydrogen-bond acceptors (Lipinski definition) is 2. The molecular formula is C11H14FNO. The maximum absolute atomic E-state index is 12.9. The van der Waals surface area contributed by atoms with E-state index in [0.29, 0.717) is 0 Å². The van der Waals surface area contributed by atoms with E-state index in [1.807, 2.05) is 0 Å². The van der Waals surface area contributed by atoms with Crippen LogP contribution in [0.15, 0.2) is 18.2 Å². The minimum absolute atomic E-state index is 0.221. The van der Waals surface area contributed by atoms with E-state index < -0.39 is 6.10 Å². The molecule has 76 valence electrons. The van der Waals surface area contributed by atoms with Crippen molar-refractivity contribution in [1.29, 1.82) is 0 Å². The van der Waals surface area contributed by atoms with Crippen LogP contribution in [0.4, 0.5) is 4.39 Å². The molecule has 0 heterocycles. The standard InChI is InChI=1S/C11H14FNO/c12-8-4-5-9-7(6-8)2-1-3-10(13)11(9)14/h4-6,10-11,14H,1-3,13H2/t10-,11-/m0/s1. The number of aliphatic hydroxyl groups excluding tert-OH is 1. The van der Waals surface area contributed by atoms with Crippen molar-refractivity contribution in [2.75, 3.05) is 0 Å². The molecule has 0 aromatic heterocycles. The van der Waals surface area contributed by atoms with Crippen molar-refractivity contribution in [3.63, 3.8) is 0 Å². The quantitative estimate of drug-likeness (QED) is 0.616. The van der Waals surface area contributed by atoms with Gasteiger partial charge in [0.15, 0.2) is 0 Å². The fraction of sp³-hybridized carbons (Fsp3) is 0.455. The first kappa shape index (κ1) is 9.62. The number of nitrogens with two attached hydrogens (primary N) is 1. The summed E-state index contributed by atoms with van der Waals surface area (Å²) in [5, 5.41) is 9.85. The number of rotatable bonds is 0. The zero-order valence-corrected chi connectivity index (χ0v) is 7.91. The van der Waals surface area contributed by atoms with Crippen LogP contribution in [0.5, 0.6) is 0 Å². The van der Waals surface area contributed by atoms with Crippen molar-refractivity contribution >= 4 is 0 Å². The summed E-state index contributed by atoms with van der Waals surface area (Å²) in [5.41, 5.74) is 7.47. The van der Waals surface area contributed by atoms with Crippen LogP contribution in [0, 0.1) is 5.82 Å². The Kier molecular flexibility index (Phi) is 2.52. The molecule has 0 saturated heterocycles. The highest BCUT2D eigenvalue weighted by Gasteiger charge is 2.22. The summed E-state index contributed by atoms with van der Waals surface area (Å²) in [7, 11) is 0. The monoisotopic (exact) mass is 195 g/mol. The van der Waals surface area contributed by atoms with Gasteiger partial charge in [0.2, 0.25) is 0 Å². The average Bonchev–Trinajstić information content (AvgIpc) is 2.28. The Labute approximate surface area is 82.5 Å². The van der Waals surface area contributed by atoms with Crippen LogP contribution in [-0.4, -0.2) is 11.1 Å². The Hall–Kier alpha value is -0.930. The van der Waals surface area contributed by atoms with E-state index in [1.54, 1.807) is 6.07 Å². The Morgan fingerprint density at radius 2 is 2.21 bits per heavy atom. The molecule has 0 amide bonds. The molecule has 2 rings (SSSR count). The maximum atomic E-state index is 12.9. The van der Waals surface area contributed by atoms with Gasteiger partial charge in [0.05, 0.1) is 6.10 Å². The summed E-state index contributed by atoms with van der Waals surface area (Å²) in [5.74, 6) is -0.244. The predicted molar refractivity (Wildman–Crippen MR) is 52.3 cm³/mol. The van der Waals surface area contributed by atoms with Crippen molar-refractivity contribution in [2.45, 2.75) is 31.4 Å². The van der Waals surface area contributed by atoms with Crippen LogP contribution in [0.25, 0.3) is 0 Å². The first-order valence-corrected chi connectivity index (χ1v) is 4.90. The van der Waals surface area contributed by atoms with Crippen molar-refractivity contribution in [1.82, 2.24) is 0 Å². The normalized spacial score (nSPS) is 26.8. The largest absolute Gasteiger partial charge is 0.387 e. The summed E-state index contributed by atoms with van der Waals surface area (Å²) >= 11 is 0. The molecule has 2 nitrogen and oxygen atoms in total. The number of fused-ring (bicyclic) bond motifs is 1. The van der Waals surface area contributed by atoms with Gasteiger partial charge in [-0.3, -0.25) is 0 Å². The molecule has 0 spiro atoms. The highest BCUT2D eigenvalue weighted by molar-refractivity contribution is 5.31. The third-order valence-electron chi connectivity index (χ3n) is 2.81. The first-order chi connectivity index (χ1) is 6.68. The van der Waals surface area contributed by atoms with Gasteiger partial charge in [-0.2, -0.15) is 0 Å². The minimum atomic E-state index is -0.645. The van der Waals surface area contributed by atoms with Crippen molar-refractivity contribution in [2.24, 2.45) is 5.73 Å². The van der Waals surface area contributed by atoms with Gasteiger partial charge in [0.1, 0.15) is 5.82 Å². The number of hydrogen-bond donors (Lipinski definition) is 2. The molecule has 0 fully saturated rings. The van der Waals surface area contributed by atoms with E-state index in [2.05, 4.69) is 0 Å². The fourth-order valence-electron chi connectivity index (χ4n) is 2.00. The molecule has 1 aromatic carbocycles. The van der Waals surface area contributed by atoms with Crippen molar-refractivity contribution in [3.8, 4) is 0 Å². The lowest BCUT2D eigenvalue weighted by atomic mass is 9.99. The summed E-state index contributed by atoms with van der Waals surface area (Å²) in [4.78, 5) is 0. The summed E-state index contributed by atoms with van der Waals surface area (Å²) in [6.07, 6.45) is 1.86. The lowest BCUT2D eigenvalue weighted by Crippen LogP contribution is -2.27. The molecule has 0 aliphatic heterocycles. The second kappa shape index (κ2) is 3.67. The van der Waals surface area contributed by atoms with Gasteiger partial charge in [-0.15, -0.1) is 0 Å². The van der Waals surface area contributed by atoms with Gasteiger partial charge < -0.3 is 10.8 Å². The van der Waals surface area contributed by atoms with E-state index in [9.17, 15) is 9.50 Å². The van der Waals surface area contributed by atoms with Crippen LogP contribution in [-0.2, 0) is 6.42 Å². The molecule has 1 aliphatic rings. The topological polar surface area (TPSA) is 46.2 Å². The number of aryl methyl sites for hydroxylation is 1. The third-order valence-corrected chi connectivity index (χ3v) is 2.81. The Morgan fingerprint density at radius 1 is 1.43 bits per heavy atom. The molecular weight excluding hydrogens is 181 g/mol. The van der Waals surface area contributed by atoms with Crippen molar-refractivity contribution < 1.29 is 9.50 Å². The van der Waals surface area contributed by atoms with E-state index in [0.717, 1.165) is 30.4 Å². The molecule has 0 bridgehead atoms. The average molecular weight is 195 g/mol. The molecule has 14 heavy (non-hydrogen) atoms. The highest BCUT2D eigenvalue weighted by atomic mass is 19.1. The summed E-state index contributed by atoms with van der Waals surface area (Å²) < 4.78 is 12.9. The first-order valence-electron chi connectivity index (χ1n) is 4.90. The van der Waals surface area contributed by atoms with Gasteiger partial charge in [0.25, 0.3) is 0 Å². The zero-order valence-electron chi connectivity index (χ0n) is 7.91. The van der Waals surface area contributed by atoms with E-state index >= 15 is 0 Å². The second-order valence-corrected chi connectivity index (χ2v) is 3.84. The Morgan fingerprint density at radius 3 is 3.00 bits per heavy atom. The molecule has 0 unspecified atom stereocenters. The number of halogens is 1. The number of aliphatic hydroxyl groups is 1. The smallest absolute Gasteiger partial charge is 0.123 e. The predicted octanol–water partition coefficient (Wildman–Crippen LogP) is 1.52. The molecule has 3 N–H and O–H groups in total. The lowest BCUT2D eigenvalue weighted by molar-refractivity contribution is 0.144. The number of benzene rings is 1. The van der Waals surface area contributed by atoms with E-state index in [1.165, 1.54) is 12.1 Å². The molecule has 1 aliphatic carbocycles. The van der Waals surface area contributed by atoms with Gasteiger partial charge >= 0.3 is 0 Å². The van der Waals surface area contributed by atoms with Crippen LogP contribution in [0.1, 0.15) is 30.1 Å². The van der Waals surface area contributed by atoms with Gasteiger partial charge in [-0.25, -0.2) is 4.39 Å². The molecule has 0 saturated carbocycles. The van der Waals surface area contributed by atoms with Crippen LogP contribution in [0.3, 0.4) is 0 Å². The highest BCUT2D eigenvalue weighted by Crippen LogP contribution is 2.28. The second-order valence-electron chi connectivity index (χ2n) is 3.84. The van der Waals surface area contributed by atoms with Crippen LogP contribution >= 0.6 is 0 Å². The molecule has 1 aromatic rings. The molecule has 0 radical (unpaired) electrons. The zero-order chi connectivity index (χ0) is 10.1. The third kappa shape index (κ3) is 1.65. The SMILES string of the molecule is N[C@H]1CCCc2cc(F)ccc2[C@@H]1O. The fourth-order valence-corrected chi connectivity index (χ4v) is 2.00. The van der Waals surface area contributed by atoms with Gasteiger partial charge in [0, 0.05) is 6.04 Å². The van der Waals surface area contributed by atoms with Crippen LogP contribution in [0.2, 0.25) is 0 Å². The van der Waals surface area contributed by atoms with Crippen molar-refractivity contribution in [3.05, 3.63) is 35.1 Å². The van der Waals surface area contributed by atoms with Crippen LogP contribution < -0.4 is 5.73 Å². The lowest BCUT2D eigenvalue weighted by Gasteiger charge is -2.17. The Balaban J connectivity index is 2.43. The van der Waals surface area contributed by atoms with Gasteiger partial charge in [-0.05, 0) is 42.5 Å².